The Morgan fingerprint density at radius 3 is 2.92 bits per heavy atom. The third-order valence-electron chi connectivity index (χ3n) is 1.41. The maximum atomic E-state index is 11.2. The highest BCUT2D eigenvalue weighted by Crippen LogP contribution is 1.95. The lowest BCUT2D eigenvalue weighted by atomic mass is 10.4. The zero-order valence-corrected chi connectivity index (χ0v) is 7.02. The molecule has 1 heterocycles. The van der Waals surface area contributed by atoms with Crippen molar-refractivity contribution in [2.45, 2.75) is 6.92 Å². The number of methoxy groups -OCH3 is 1. The predicted molar refractivity (Wildman–Crippen MR) is 43.6 cm³/mol. The van der Waals surface area contributed by atoms with Crippen molar-refractivity contribution in [2.75, 3.05) is 7.11 Å². The van der Waals surface area contributed by atoms with Gasteiger partial charge >= 0.3 is 0 Å². The van der Waals surface area contributed by atoms with E-state index in [9.17, 15) is 4.79 Å². The molecule has 4 nitrogen and oxygen atoms in total. The van der Waals surface area contributed by atoms with Crippen LogP contribution in [0.25, 0.3) is 0 Å². The summed E-state index contributed by atoms with van der Waals surface area (Å²) in [5, 5.41) is 0. The van der Waals surface area contributed by atoms with Crippen molar-refractivity contribution < 1.29 is 9.53 Å². The Labute approximate surface area is 70.5 Å². The second-order valence-corrected chi connectivity index (χ2v) is 2.27. The second-order valence-electron chi connectivity index (χ2n) is 2.27. The van der Waals surface area contributed by atoms with Gasteiger partial charge in [0.25, 0.3) is 5.91 Å². The number of nitrogens with zero attached hydrogens (tertiary/aromatic N) is 2. The summed E-state index contributed by atoms with van der Waals surface area (Å²) < 4.78 is 6.20. The first-order valence-corrected chi connectivity index (χ1v) is 3.48. The van der Waals surface area contributed by atoms with Crippen LogP contribution in [-0.2, 0) is 4.74 Å². The SMILES string of the molecule is COC(C)=CC(=O)n1ccnc1. The van der Waals surface area contributed by atoms with Crippen LogP contribution in [0.2, 0.25) is 0 Å². The van der Waals surface area contributed by atoms with Crippen molar-refractivity contribution in [3.05, 3.63) is 30.6 Å². The van der Waals surface area contributed by atoms with Crippen LogP contribution < -0.4 is 0 Å². The molecule has 0 atom stereocenters. The third kappa shape index (κ3) is 1.95. The summed E-state index contributed by atoms with van der Waals surface area (Å²) in [6.07, 6.45) is 5.99. The monoisotopic (exact) mass is 166 g/mol. The predicted octanol–water partition coefficient (Wildman–Crippen LogP) is 1.07. The van der Waals surface area contributed by atoms with Gasteiger partial charge in [-0.25, -0.2) is 4.98 Å². The molecule has 0 aliphatic rings. The molecule has 0 fully saturated rings. The topological polar surface area (TPSA) is 44.1 Å². The van der Waals surface area contributed by atoms with E-state index in [-0.39, 0.29) is 5.91 Å². The van der Waals surface area contributed by atoms with E-state index in [2.05, 4.69) is 4.98 Å². The number of aromatic nitrogens is 2. The Balaban J connectivity index is 2.74. The highest BCUT2D eigenvalue weighted by Gasteiger charge is 1.99. The zero-order chi connectivity index (χ0) is 8.97. The zero-order valence-electron chi connectivity index (χ0n) is 7.02. The quantitative estimate of drug-likeness (QED) is 0.487. The van der Waals surface area contributed by atoms with E-state index in [1.54, 1.807) is 19.3 Å². The highest BCUT2D eigenvalue weighted by atomic mass is 16.5. The van der Waals surface area contributed by atoms with Gasteiger partial charge in [0.2, 0.25) is 0 Å². The first-order valence-electron chi connectivity index (χ1n) is 3.48. The molecule has 1 rings (SSSR count). The van der Waals surface area contributed by atoms with Crippen molar-refractivity contribution in [3.8, 4) is 0 Å². The smallest absolute Gasteiger partial charge is 0.259 e. The number of carbonyl (C=O) groups excluding carboxylic acids is 1. The number of rotatable bonds is 2. The molecule has 0 bridgehead atoms. The van der Waals surface area contributed by atoms with E-state index in [0.29, 0.717) is 5.76 Å². The maximum Gasteiger partial charge on any atom is 0.259 e. The van der Waals surface area contributed by atoms with E-state index in [1.165, 1.54) is 24.1 Å². The van der Waals surface area contributed by atoms with Crippen LogP contribution in [0.3, 0.4) is 0 Å². The third-order valence-corrected chi connectivity index (χ3v) is 1.41. The molecular weight excluding hydrogens is 156 g/mol. The number of hydrogen-bond acceptors (Lipinski definition) is 3. The van der Waals surface area contributed by atoms with Crippen LogP contribution in [0.5, 0.6) is 0 Å². The summed E-state index contributed by atoms with van der Waals surface area (Å²) in [5.74, 6) is 0.417. The molecule has 0 N–H and O–H groups in total. The second kappa shape index (κ2) is 3.71. The number of imidazole rings is 1. The molecule has 0 amide bonds. The fraction of sp³-hybridized carbons (Fsp3) is 0.250. The Kier molecular flexibility index (Phi) is 2.63. The fourth-order valence-electron chi connectivity index (χ4n) is 0.697. The van der Waals surface area contributed by atoms with Crippen LogP contribution in [0.4, 0.5) is 0 Å². The van der Waals surface area contributed by atoms with Gasteiger partial charge in [-0.15, -0.1) is 0 Å². The van der Waals surface area contributed by atoms with Gasteiger partial charge in [-0.3, -0.25) is 9.36 Å². The number of hydrogen-bond donors (Lipinski definition) is 0. The van der Waals surface area contributed by atoms with Crippen molar-refractivity contribution in [2.24, 2.45) is 0 Å². The molecule has 0 aromatic carbocycles. The van der Waals surface area contributed by atoms with Gasteiger partial charge in [0, 0.05) is 18.5 Å². The van der Waals surface area contributed by atoms with Crippen molar-refractivity contribution in [3.63, 3.8) is 0 Å². The lowest BCUT2D eigenvalue weighted by molar-refractivity contribution is 0.0963. The summed E-state index contributed by atoms with van der Waals surface area (Å²) in [6, 6.07) is 0. The molecule has 0 aliphatic carbocycles. The number of carbonyl (C=O) groups is 1. The standard InChI is InChI=1S/C8H10N2O2/c1-7(12-2)5-8(11)10-4-3-9-6-10/h3-6H,1-2H3. The summed E-state index contributed by atoms with van der Waals surface area (Å²) in [7, 11) is 1.52. The molecule has 4 heteroatoms. The summed E-state index contributed by atoms with van der Waals surface area (Å²) >= 11 is 0. The van der Waals surface area contributed by atoms with E-state index in [4.69, 9.17) is 4.74 Å². The summed E-state index contributed by atoms with van der Waals surface area (Å²) in [6.45, 7) is 1.72. The van der Waals surface area contributed by atoms with Gasteiger partial charge in [0.15, 0.2) is 0 Å². The van der Waals surface area contributed by atoms with Crippen LogP contribution in [0, 0.1) is 0 Å². The van der Waals surface area contributed by atoms with Crippen molar-refractivity contribution >= 4 is 5.91 Å². The first-order chi connectivity index (χ1) is 5.74. The maximum absolute atomic E-state index is 11.2. The van der Waals surface area contributed by atoms with Gasteiger partial charge in [-0.1, -0.05) is 0 Å². The molecule has 64 valence electrons. The minimum Gasteiger partial charge on any atom is -0.501 e. The molecular formula is C8H10N2O2. The minimum atomic E-state index is -0.160. The van der Waals surface area contributed by atoms with Gasteiger partial charge in [0.1, 0.15) is 6.33 Å². The van der Waals surface area contributed by atoms with Crippen LogP contribution >= 0.6 is 0 Å². The van der Waals surface area contributed by atoms with Crippen LogP contribution in [-0.4, -0.2) is 22.6 Å². The van der Waals surface area contributed by atoms with Crippen LogP contribution in [0.1, 0.15) is 11.7 Å². The largest absolute Gasteiger partial charge is 0.501 e. The Hall–Kier alpha value is -1.58. The molecule has 0 saturated carbocycles. The molecule has 0 radical (unpaired) electrons. The van der Waals surface area contributed by atoms with E-state index in [0.717, 1.165) is 0 Å². The van der Waals surface area contributed by atoms with Crippen molar-refractivity contribution in [1.29, 1.82) is 0 Å². The fourth-order valence-corrected chi connectivity index (χ4v) is 0.697. The lowest BCUT2D eigenvalue weighted by Crippen LogP contribution is -2.05. The average molecular weight is 166 g/mol. The summed E-state index contributed by atoms with van der Waals surface area (Å²) in [4.78, 5) is 15.0. The molecule has 0 aliphatic heterocycles. The highest BCUT2D eigenvalue weighted by molar-refractivity contribution is 5.89. The van der Waals surface area contributed by atoms with Crippen molar-refractivity contribution in [1.82, 2.24) is 9.55 Å². The molecule has 1 aromatic heterocycles. The van der Waals surface area contributed by atoms with E-state index >= 15 is 0 Å². The molecule has 0 unspecified atom stereocenters. The van der Waals surface area contributed by atoms with Gasteiger partial charge < -0.3 is 4.74 Å². The average Bonchev–Trinajstić information content (AvgIpc) is 2.56. The summed E-state index contributed by atoms with van der Waals surface area (Å²) in [5.41, 5.74) is 0. The van der Waals surface area contributed by atoms with Gasteiger partial charge in [-0.2, -0.15) is 0 Å². The van der Waals surface area contributed by atoms with E-state index < -0.39 is 0 Å². The van der Waals surface area contributed by atoms with Gasteiger partial charge in [0.05, 0.1) is 12.9 Å². The first kappa shape index (κ1) is 8.52. The number of ether oxygens (including phenoxy) is 1. The Morgan fingerprint density at radius 1 is 1.67 bits per heavy atom. The Bertz CT molecular complexity index is 288. The minimum absolute atomic E-state index is 0.160. The Morgan fingerprint density at radius 2 is 2.42 bits per heavy atom. The van der Waals surface area contributed by atoms with E-state index in [1.807, 2.05) is 0 Å². The molecule has 0 spiro atoms. The lowest BCUT2D eigenvalue weighted by Gasteiger charge is -1.97. The van der Waals surface area contributed by atoms with Crippen LogP contribution in [0.15, 0.2) is 30.6 Å². The molecule has 1 aromatic rings. The number of allylic oxidation sites excluding steroid dienone is 2. The van der Waals surface area contributed by atoms with Gasteiger partial charge in [-0.05, 0) is 6.92 Å². The normalized spacial score (nSPS) is 11.3. The molecule has 12 heavy (non-hydrogen) atoms. The molecule has 0 saturated heterocycles.